The second-order valence-corrected chi connectivity index (χ2v) is 5.69. The highest BCUT2D eigenvalue weighted by atomic mass is 32.1. The Bertz CT molecular complexity index is 728. The number of anilines is 2. The van der Waals surface area contributed by atoms with Crippen LogP contribution in [-0.4, -0.2) is 22.4 Å². The van der Waals surface area contributed by atoms with Crippen LogP contribution in [0.3, 0.4) is 0 Å². The number of fused-ring (bicyclic) bond motifs is 1. The number of nitrogens with one attached hydrogen (secondary N) is 2. The van der Waals surface area contributed by atoms with Gasteiger partial charge in [-0.25, -0.2) is 4.98 Å². The van der Waals surface area contributed by atoms with Gasteiger partial charge in [0.15, 0.2) is 5.13 Å². The Balaban J connectivity index is 1.86. The largest absolute Gasteiger partial charge is 0.466 e. The van der Waals surface area contributed by atoms with E-state index in [0.29, 0.717) is 16.6 Å². The van der Waals surface area contributed by atoms with Crippen LogP contribution in [0.4, 0.5) is 10.8 Å². The summed E-state index contributed by atoms with van der Waals surface area (Å²) in [5.74, 6) is -0.596. The third-order valence-corrected chi connectivity index (χ3v) is 4.03. The number of carbonyl (C=O) groups excluding carboxylic acids is 2. The minimum atomic E-state index is -1.63. The van der Waals surface area contributed by atoms with Crippen LogP contribution >= 0.6 is 11.3 Å². The average molecular weight is 303 g/mol. The van der Waals surface area contributed by atoms with Gasteiger partial charge >= 0.3 is 0 Å². The van der Waals surface area contributed by atoms with Crippen LogP contribution in [-0.2, 0) is 9.59 Å². The monoisotopic (exact) mass is 303 g/mol. The number of thiazole rings is 1. The molecule has 1 unspecified atom stereocenters. The van der Waals surface area contributed by atoms with Crippen LogP contribution in [0.25, 0.3) is 0 Å². The van der Waals surface area contributed by atoms with Gasteiger partial charge in [-0.1, -0.05) is 12.1 Å². The van der Waals surface area contributed by atoms with E-state index in [0.717, 1.165) is 5.69 Å². The Morgan fingerprint density at radius 2 is 2.19 bits per heavy atom. The lowest BCUT2D eigenvalue weighted by Crippen LogP contribution is -2.56. The molecule has 0 spiro atoms. The lowest BCUT2D eigenvalue weighted by molar-refractivity contribution is -0.143. The average Bonchev–Trinajstić information content (AvgIpc) is 2.85. The molecule has 3 rings (SSSR count). The van der Waals surface area contributed by atoms with Crippen LogP contribution in [0, 0.1) is 6.92 Å². The highest BCUT2D eigenvalue weighted by Crippen LogP contribution is 2.33. The van der Waals surface area contributed by atoms with Crippen molar-refractivity contribution in [2.75, 3.05) is 10.6 Å². The van der Waals surface area contributed by atoms with Crippen molar-refractivity contribution in [2.24, 2.45) is 0 Å². The Kier molecular flexibility index (Phi) is 3.13. The highest BCUT2D eigenvalue weighted by Gasteiger charge is 2.47. The number of rotatable bonds is 2. The third-order valence-electron chi connectivity index (χ3n) is 3.16. The van der Waals surface area contributed by atoms with Gasteiger partial charge in [-0.05, 0) is 26.0 Å². The van der Waals surface area contributed by atoms with Crippen LogP contribution < -0.4 is 15.4 Å². The minimum absolute atomic E-state index is 0.439. The van der Waals surface area contributed by atoms with Crippen molar-refractivity contribution >= 4 is 34.0 Å². The third kappa shape index (κ3) is 2.36. The normalized spacial score (nSPS) is 20.2. The van der Waals surface area contributed by atoms with E-state index in [2.05, 4.69) is 15.6 Å². The molecule has 0 aliphatic carbocycles. The summed E-state index contributed by atoms with van der Waals surface area (Å²) in [6.07, 6.45) is 0. The van der Waals surface area contributed by atoms with Gasteiger partial charge in [-0.2, -0.15) is 0 Å². The van der Waals surface area contributed by atoms with Gasteiger partial charge < -0.3 is 10.1 Å². The van der Waals surface area contributed by atoms with Crippen molar-refractivity contribution in [2.45, 2.75) is 19.4 Å². The van der Waals surface area contributed by atoms with Crippen molar-refractivity contribution in [1.82, 2.24) is 4.98 Å². The fraction of sp³-hybridized carbons (Fsp3) is 0.214. The molecule has 0 saturated heterocycles. The SMILES string of the molecule is Cc1csc(NC(=O)C2(C)Oc3ccccc3NC2=O)n1. The molecule has 2 amide bonds. The molecule has 6 nitrogen and oxygen atoms in total. The lowest BCUT2D eigenvalue weighted by Gasteiger charge is -2.32. The predicted octanol–water partition coefficient (Wildman–Crippen LogP) is 2.18. The van der Waals surface area contributed by atoms with E-state index >= 15 is 0 Å². The molecule has 7 heteroatoms. The van der Waals surface area contributed by atoms with E-state index in [1.807, 2.05) is 12.3 Å². The fourth-order valence-corrected chi connectivity index (χ4v) is 2.63. The van der Waals surface area contributed by atoms with Crippen molar-refractivity contribution in [3.63, 3.8) is 0 Å². The molecule has 1 aliphatic heterocycles. The second kappa shape index (κ2) is 4.85. The van der Waals surface area contributed by atoms with E-state index in [4.69, 9.17) is 4.74 Å². The summed E-state index contributed by atoms with van der Waals surface area (Å²) in [6, 6.07) is 6.98. The van der Waals surface area contributed by atoms with Crippen molar-refractivity contribution in [1.29, 1.82) is 0 Å². The van der Waals surface area contributed by atoms with E-state index in [-0.39, 0.29) is 0 Å². The van der Waals surface area contributed by atoms with Gasteiger partial charge in [0.25, 0.3) is 17.4 Å². The number of hydrogen-bond acceptors (Lipinski definition) is 5. The molecule has 1 aromatic carbocycles. The lowest BCUT2D eigenvalue weighted by atomic mass is 10.0. The minimum Gasteiger partial charge on any atom is -0.466 e. The molecule has 0 fully saturated rings. The summed E-state index contributed by atoms with van der Waals surface area (Å²) >= 11 is 1.30. The summed E-state index contributed by atoms with van der Waals surface area (Å²) in [7, 11) is 0. The zero-order chi connectivity index (χ0) is 15.0. The van der Waals surface area contributed by atoms with E-state index in [1.165, 1.54) is 18.3 Å². The van der Waals surface area contributed by atoms with Crippen molar-refractivity contribution < 1.29 is 14.3 Å². The number of nitrogens with zero attached hydrogens (tertiary/aromatic N) is 1. The van der Waals surface area contributed by atoms with Crippen molar-refractivity contribution in [3.05, 3.63) is 35.3 Å². The first kappa shape index (κ1) is 13.6. The maximum absolute atomic E-state index is 12.4. The van der Waals surface area contributed by atoms with Crippen LogP contribution in [0.1, 0.15) is 12.6 Å². The Morgan fingerprint density at radius 3 is 2.90 bits per heavy atom. The first-order valence-electron chi connectivity index (χ1n) is 6.32. The summed E-state index contributed by atoms with van der Waals surface area (Å²) < 4.78 is 5.63. The molecule has 1 atom stereocenters. The molecule has 2 aromatic rings. The number of aryl methyl sites for hydroxylation is 1. The fourth-order valence-electron chi connectivity index (χ4n) is 1.94. The number of hydrogen-bond donors (Lipinski definition) is 2. The molecule has 0 radical (unpaired) electrons. The van der Waals surface area contributed by atoms with Crippen molar-refractivity contribution in [3.8, 4) is 5.75 Å². The molecular weight excluding hydrogens is 290 g/mol. The molecule has 0 bridgehead atoms. The topological polar surface area (TPSA) is 80.3 Å². The summed E-state index contributed by atoms with van der Waals surface area (Å²) in [6.45, 7) is 3.27. The molecule has 2 heterocycles. The van der Waals surface area contributed by atoms with Crippen LogP contribution in [0.5, 0.6) is 5.75 Å². The van der Waals surface area contributed by atoms with Gasteiger partial charge in [0, 0.05) is 5.38 Å². The maximum Gasteiger partial charge on any atom is 0.280 e. The van der Waals surface area contributed by atoms with E-state index in [1.54, 1.807) is 24.3 Å². The molecule has 0 saturated carbocycles. The van der Waals surface area contributed by atoms with Gasteiger partial charge in [-0.3, -0.25) is 14.9 Å². The smallest absolute Gasteiger partial charge is 0.280 e. The second-order valence-electron chi connectivity index (χ2n) is 4.83. The van der Waals surface area contributed by atoms with E-state index in [9.17, 15) is 9.59 Å². The van der Waals surface area contributed by atoms with Crippen LogP contribution in [0.2, 0.25) is 0 Å². The van der Waals surface area contributed by atoms with Gasteiger partial charge in [0.2, 0.25) is 0 Å². The Hall–Kier alpha value is -2.41. The predicted molar refractivity (Wildman–Crippen MR) is 79.6 cm³/mol. The zero-order valence-corrected chi connectivity index (χ0v) is 12.3. The van der Waals surface area contributed by atoms with Gasteiger partial charge in [0.1, 0.15) is 5.75 Å². The van der Waals surface area contributed by atoms with Gasteiger partial charge in [-0.15, -0.1) is 11.3 Å². The summed E-state index contributed by atoms with van der Waals surface area (Å²) in [4.78, 5) is 28.7. The van der Waals surface area contributed by atoms with Gasteiger partial charge in [0.05, 0.1) is 11.4 Å². The highest BCUT2D eigenvalue weighted by molar-refractivity contribution is 7.13. The number of amides is 2. The molecule has 108 valence electrons. The maximum atomic E-state index is 12.4. The number of para-hydroxylation sites is 2. The molecule has 2 N–H and O–H groups in total. The van der Waals surface area contributed by atoms with E-state index < -0.39 is 17.4 Å². The Labute approximate surface area is 125 Å². The number of aromatic nitrogens is 1. The first-order chi connectivity index (χ1) is 9.99. The van der Waals surface area contributed by atoms with Crippen LogP contribution in [0.15, 0.2) is 29.6 Å². The number of ether oxygens (including phenoxy) is 1. The quantitative estimate of drug-likeness (QED) is 0.833. The first-order valence-corrected chi connectivity index (χ1v) is 7.20. The number of benzene rings is 1. The summed E-state index contributed by atoms with van der Waals surface area (Å²) in [5.41, 5.74) is -0.272. The summed E-state index contributed by atoms with van der Waals surface area (Å²) in [5, 5.41) is 7.55. The molecular formula is C14H13N3O3S. The zero-order valence-electron chi connectivity index (χ0n) is 11.5. The molecule has 21 heavy (non-hydrogen) atoms. The Morgan fingerprint density at radius 1 is 1.43 bits per heavy atom. The molecule has 1 aliphatic rings. The molecule has 1 aromatic heterocycles. The number of carbonyl (C=O) groups is 2. The standard InChI is InChI=1S/C14H13N3O3S/c1-8-7-21-13(15-8)17-12(19)14(2)11(18)16-9-5-3-4-6-10(9)20-14/h3-7H,1-2H3,(H,16,18)(H,15,17,19).